The highest BCUT2D eigenvalue weighted by Crippen LogP contribution is 2.15. The van der Waals surface area contributed by atoms with Gasteiger partial charge in [0.15, 0.2) is 0 Å². The van der Waals surface area contributed by atoms with Gasteiger partial charge in [-0.25, -0.2) is 4.79 Å². The number of amidine groups is 1. The van der Waals surface area contributed by atoms with Gasteiger partial charge >= 0.3 is 6.03 Å². The summed E-state index contributed by atoms with van der Waals surface area (Å²) in [6.07, 6.45) is 1.24. The van der Waals surface area contributed by atoms with Gasteiger partial charge < -0.3 is 20.7 Å². The van der Waals surface area contributed by atoms with Crippen LogP contribution in [0.5, 0.6) is 0 Å². The van der Waals surface area contributed by atoms with Gasteiger partial charge in [-0.05, 0) is 12.8 Å². The smallest absolute Gasteiger partial charge is 0.318 e. The van der Waals surface area contributed by atoms with E-state index in [1.54, 1.807) is 4.90 Å². The lowest BCUT2D eigenvalue weighted by molar-refractivity contribution is 0.0517. The molecule has 1 heterocycles. The van der Waals surface area contributed by atoms with E-state index in [1.807, 2.05) is 13.8 Å². The Bertz CT molecular complexity index is 283. The van der Waals surface area contributed by atoms with E-state index in [9.17, 15) is 4.79 Å². The van der Waals surface area contributed by atoms with Crippen LogP contribution < -0.4 is 11.1 Å². The minimum atomic E-state index is -0.713. The Hall–Kier alpha value is -1.30. The molecule has 4 N–H and O–H groups in total. The van der Waals surface area contributed by atoms with E-state index in [1.165, 1.54) is 0 Å². The molecule has 98 valence electrons. The number of hydrogen-bond donors (Lipinski definition) is 3. The summed E-state index contributed by atoms with van der Waals surface area (Å²) < 4.78 is 5.19. The third kappa shape index (κ3) is 3.09. The van der Waals surface area contributed by atoms with E-state index in [-0.39, 0.29) is 11.9 Å². The molecule has 0 unspecified atom stereocenters. The van der Waals surface area contributed by atoms with Gasteiger partial charge in [0, 0.05) is 13.1 Å². The zero-order valence-electron chi connectivity index (χ0n) is 10.6. The Morgan fingerprint density at radius 1 is 1.41 bits per heavy atom. The van der Waals surface area contributed by atoms with Crippen molar-refractivity contribution in [3.05, 3.63) is 0 Å². The van der Waals surface area contributed by atoms with E-state index in [4.69, 9.17) is 15.9 Å². The third-order valence-corrected chi connectivity index (χ3v) is 3.37. The van der Waals surface area contributed by atoms with Gasteiger partial charge in [-0.3, -0.25) is 5.41 Å². The van der Waals surface area contributed by atoms with Gasteiger partial charge in [0.25, 0.3) is 0 Å². The quantitative estimate of drug-likeness (QED) is 0.496. The highest BCUT2D eigenvalue weighted by molar-refractivity contribution is 5.91. The molecule has 0 radical (unpaired) electrons. The molecule has 17 heavy (non-hydrogen) atoms. The van der Waals surface area contributed by atoms with Crippen molar-refractivity contribution in [1.82, 2.24) is 10.2 Å². The average Bonchev–Trinajstić information content (AvgIpc) is 2.36. The molecular weight excluding hydrogens is 220 g/mol. The first kappa shape index (κ1) is 13.8. The molecule has 1 saturated heterocycles. The zero-order chi connectivity index (χ0) is 12.9. The zero-order valence-corrected chi connectivity index (χ0v) is 10.6. The molecule has 0 bridgehead atoms. The van der Waals surface area contributed by atoms with Crippen molar-refractivity contribution in [2.24, 2.45) is 5.73 Å². The topological polar surface area (TPSA) is 91.4 Å². The lowest BCUT2D eigenvalue weighted by Crippen LogP contribution is -2.60. The molecule has 1 aliphatic heterocycles. The van der Waals surface area contributed by atoms with Crippen LogP contribution in [0.4, 0.5) is 4.79 Å². The highest BCUT2D eigenvalue weighted by atomic mass is 16.5. The molecule has 0 aromatic carbocycles. The van der Waals surface area contributed by atoms with Crippen LogP contribution >= 0.6 is 0 Å². The number of morpholine rings is 1. The second-order valence-corrected chi connectivity index (χ2v) is 4.23. The largest absolute Gasteiger partial charge is 0.386 e. The van der Waals surface area contributed by atoms with E-state index in [0.29, 0.717) is 39.1 Å². The minimum Gasteiger partial charge on any atom is -0.386 e. The van der Waals surface area contributed by atoms with Crippen LogP contribution in [0.3, 0.4) is 0 Å². The van der Waals surface area contributed by atoms with Crippen LogP contribution in [0.2, 0.25) is 0 Å². The Morgan fingerprint density at radius 2 is 1.94 bits per heavy atom. The summed E-state index contributed by atoms with van der Waals surface area (Å²) in [4.78, 5) is 13.7. The summed E-state index contributed by atoms with van der Waals surface area (Å²) in [6, 6.07) is -0.160. The first-order chi connectivity index (χ1) is 8.05. The Morgan fingerprint density at radius 3 is 2.35 bits per heavy atom. The number of rotatable bonds is 4. The highest BCUT2D eigenvalue weighted by Gasteiger charge is 2.33. The fourth-order valence-corrected chi connectivity index (χ4v) is 1.93. The Labute approximate surface area is 102 Å². The van der Waals surface area contributed by atoms with Gasteiger partial charge in [0.2, 0.25) is 0 Å². The number of hydrogen-bond acceptors (Lipinski definition) is 3. The lowest BCUT2D eigenvalue weighted by atomic mass is 9.91. The minimum absolute atomic E-state index is 0.0177. The van der Waals surface area contributed by atoms with Crippen molar-refractivity contribution in [1.29, 1.82) is 5.41 Å². The molecule has 0 aromatic rings. The predicted octanol–water partition coefficient (Wildman–Crippen LogP) is 0.523. The molecule has 0 aliphatic carbocycles. The molecule has 0 atom stereocenters. The van der Waals surface area contributed by atoms with Crippen LogP contribution in [0, 0.1) is 5.41 Å². The van der Waals surface area contributed by atoms with Crippen LogP contribution in [0.15, 0.2) is 0 Å². The number of nitrogens with zero attached hydrogens (tertiary/aromatic N) is 1. The number of carbonyl (C=O) groups excluding carboxylic acids is 1. The molecule has 0 spiro atoms. The molecule has 6 heteroatoms. The van der Waals surface area contributed by atoms with E-state index < -0.39 is 5.54 Å². The fraction of sp³-hybridized carbons (Fsp3) is 0.818. The molecule has 0 saturated carbocycles. The van der Waals surface area contributed by atoms with E-state index in [2.05, 4.69) is 5.32 Å². The van der Waals surface area contributed by atoms with Crippen LogP contribution in [0.25, 0.3) is 0 Å². The standard InChI is InChI=1S/C11H22N4O2/c1-3-11(4-2,9(12)13)14-10(16)15-5-7-17-8-6-15/h3-8H2,1-2H3,(H3,12,13)(H,14,16). The summed E-state index contributed by atoms with van der Waals surface area (Å²) in [5.74, 6) is 0.0177. The molecule has 0 aromatic heterocycles. The van der Waals surface area contributed by atoms with Gasteiger partial charge in [-0.1, -0.05) is 13.8 Å². The Kier molecular flexibility index (Phi) is 4.74. The van der Waals surface area contributed by atoms with E-state index >= 15 is 0 Å². The molecule has 2 amide bonds. The van der Waals surface area contributed by atoms with Crippen molar-refractivity contribution < 1.29 is 9.53 Å². The van der Waals surface area contributed by atoms with Crippen molar-refractivity contribution in [3.8, 4) is 0 Å². The van der Waals surface area contributed by atoms with Crippen molar-refractivity contribution in [2.45, 2.75) is 32.2 Å². The molecule has 1 fully saturated rings. The maximum atomic E-state index is 12.0. The molecule has 6 nitrogen and oxygen atoms in total. The molecular formula is C11H22N4O2. The van der Waals surface area contributed by atoms with Crippen molar-refractivity contribution in [3.63, 3.8) is 0 Å². The summed E-state index contributed by atoms with van der Waals surface area (Å²) in [5.41, 5.74) is 4.88. The SMILES string of the molecule is CCC(CC)(NC(=O)N1CCOCC1)C(=N)N. The van der Waals surface area contributed by atoms with Gasteiger partial charge in [0.05, 0.1) is 18.8 Å². The summed E-state index contributed by atoms with van der Waals surface area (Å²) >= 11 is 0. The van der Waals surface area contributed by atoms with Crippen LogP contribution in [-0.2, 0) is 4.74 Å². The summed E-state index contributed by atoms with van der Waals surface area (Å²) in [6.45, 7) is 6.16. The molecule has 1 rings (SSSR count). The molecule has 1 aliphatic rings. The first-order valence-corrected chi connectivity index (χ1v) is 6.05. The van der Waals surface area contributed by atoms with Crippen molar-refractivity contribution in [2.75, 3.05) is 26.3 Å². The van der Waals surface area contributed by atoms with Crippen LogP contribution in [-0.4, -0.2) is 48.6 Å². The number of nitrogens with two attached hydrogens (primary N) is 1. The maximum Gasteiger partial charge on any atom is 0.318 e. The average molecular weight is 242 g/mol. The van der Waals surface area contributed by atoms with Crippen molar-refractivity contribution >= 4 is 11.9 Å². The lowest BCUT2D eigenvalue weighted by Gasteiger charge is -2.35. The Balaban J connectivity index is 2.66. The second kappa shape index (κ2) is 5.86. The third-order valence-electron chi connectivity index (χ3n) is 3.37. The van der Waals surface area contributed by atoms with E-state index in [0.717, 1.165) is 0 Å². The number of ether oxygens (including phenoxy) is 1. The van der Waals surface area contributed by atoms with Gasteiger partial charge in [-0.2, -0.15) is 0 Å². The fourth-order valence-electron chi connectivity index (χ4n) is 1.93. The second-order valence-electron chi connectivity index (χ2n) is 4.23. The summed E-state index contributed by atoms with van der Waals surface area (Å²) in [7, 11) is 0. The normalized spacial score (nSPS) is 16.7. The van der Waals surface area contributed by atoms with Gasteiger partial charge in [0.1, 0.15) is 5.84 Å². The monoisotopic (exact) mass is 242 g/mol. The number of nitrogens with one attached hydrogen (secondary N) is 2. The first-order valence-electron chi connectivity index (χ1n) is 6.05. The van der Waals surface area contributed by atoms with Crippen LogP contribution in [0.1, 0.15) is 26.7 Å². The number of amides is 2. The predicted molar refractivity (Wildman–Crippen MR) is 66.2 cm³/mol. The van der Waals surface area contributed by atoms with Gasteiger partial charge in [-0.15, -0.1) is 0 Å². The summed E-state index contributed by atoms with van der Waals surface area (Å²) in [5, 5.41) is 10.5. The number of urea groups is 1. The maximum absolute atomic E-state index is 12.0. The number of carbonyl (C=O) groups is 1.